The van der Waals surface area contributed by atoms with Crippen LogP contribution >= 0.6 is 15.9 Å². The predicted octanol–water partition coefficient (Wildman–Crippen LogP) is 2.32. The first-order valence-corrected chi connectivity index (χ1v) is 4.95. The average Bonchev–Trinajstić information content (AvgIpc) is 2.15. The van der Waals surface area contributed by atoms with Crippen molar-refractivity contribution < 1.29 is 23.6 Å². The second kappa shape index (κ2) is 5.13. The Morgan fingerprint density at radius 1 is 1.65 bits per heavy atom. The van der Waals surface area contributed by atoms with E-state index in [1.807, 2.05) is 0 Å². The summed E-state index contributed by atoms with van der Waals surface area (Å²) in [6, 6.07) is 0. The molecule has 1 aromatic heterocycles. The van der Waals surface area contributed by atoms with Crippen molar-refractivity contribution in [2.24, 2.45) is 0 Å². The topological polar surface area (TPSA) is 93.3 Å². The van der Waals surface area contributed by atoms with Crippen LogP contribution in [0.1, 0.15) is 17.6 Å². The molecule has 0 spiro atoms. The molecule has 0 atom stereocenters. The minimum Gasteiger partial charge on any atom is -0.481 e. The van der Waals surface area contributed by atoms with Gasteiger partial charge in [-0.2, -0.15) is 0 Å². The predicted molar refractivity (Wildman–Crippen MR) is 54.9 cm³/mol. The highest BCUT2D eigenvalue weighted by Crippen LogP contribution is 2.34. The number of nitrogens with zero attached hydrogens (tertiary/aromatic N) is 2. The lowest BCUT2D eigenvalue weighted by Gasteiger charge is -2.07. The molecule has 1 N–H and O–H groups in total. The maximum absolute atomic E-state index is 12.6. The van der Waals surface area contributed by atoms with Gasteiger partial charge in [-0.15, -0.1) is 0 Å². The third kappa shape index (κ3) is 2.93. The van der Waals surface area contributed by atoms with Crippen molar-refractivity contribution in [2.45, 2.75) is 12.8 Å². The molecule has 0 aliphatic heterocycles. The number of hydrogen-bond donors (Lipinski definition) is 1. The normalized spacial score (nSPS) is 10.6. The van der Waals surface area contributed by atoms with Gasteiger partial charge in [-0.05, 0) is 15.9 Å². The Kier molecular flexibility index (Phi) is 4.05. The number of carboxylic acids is 1. The minimum atomic E-state index is -3.02. The van der Waals surface area contributed by atoms with Crippen LogP contribution < -0.4 is 0 Å². The molecule has 1 rings (SSSR count). The monoisotopic (exact) mass is 310 g/mol. The van der Waals surface area contributed by atoms with Crippen LogP contribution in [0.2, 0.25) is 0 Å². The highest BCUT2D eigenvalue weighted by Gasteiger charge is 2.28. The van der Waals surface area contributed by atoms with Crippen LogP contribution in [-0.4, -0.2) is 21.0 Å². The van der Waals surface area contributed by atoms with Gasteiger partial charge in [-0.1, -0.05) is 0 Å². The number of aromatic nitrogens is 1. The molecule has 0 radical (unpaired) electrons. The number of hydrogen-bond acceptors (Lipinski definition) is 4. The molecule has 0 amide bonds. The summed E-state index contributed by atoms with van der Waals surface area (Å²) in [6.07, 6.45) is -3.17. The second-order valence-electron chi connectivity index (χ2n) is 2.96. The second-order valence-corrected chi connectivity index (χ2v) is 3.71. The van der Waals surface area contributed by atoms with Gasteiger partial charge in [0.25, 0.3) is 6.43 Å². The Bertz CT molecular complexity index is 481. The Hall–Kier alpha value is -1.64. The summed E-state index contributed by atoms with van der Waals surface area (Å²) >= 11 is 2.73. The summed E-state index contributed by atoms with van der Waals surface area (Å²) in [5.41, 5.74) is -2.04. The third-order valence-electron chi connectivity index (χ3n) is 1.89. The first kappa shape index (κ1) is 13.4. The van der Waals surface area contributed by atoms with Gasteiger partial charge in [0.15, 0.2) is 4.60 Å². The number of carbonyl (C=O) groups is 1. The Morgan fingerprint density at radius 3 is 2.65 bits per heavy atom. The first-order valence-electron chi connectivity index (χ1n) is 4.16. The molecule has 92 valence electrons. The lowest BCUT2D eigenvalue weighted by molar-refractivity contribution is -0.386. The number of pyridine rings is 1. The first-order chi connectivity index (χ1) is 7.84. The molecule has 0 unspecified atom stereocenters. The van der Waals surface area contributed by atoms with Crippen molar-refractivity contribution in [2.75, 3.05) is 0 Å². The van der Waals surface area contributed by atoms with Crippen molar-refractivity contribution in [1.29, 1.82) is 0 Å². The zero-order chi connectivity index (χ0) is 13.2. The van der Waals surface area contributed by atoms with Crippen LogP contribution in [0.15, 0.2) is 10.8 Å². The lowest BCUT2D eigenvalue weighted by Crippen LogP contribution is -2.09. The SMILES string of the molecule is O=C(O)Cc1c(C(F)F)cnc(Br)c1[N+](=O)[O-]. The number of rotatable bonds is 4. The molecule has 0 saturated heterocycles. The van der Waals surface area contributed by atoms with Gasteiger partial charge in [0.1, 0.15) is 0 Å². The molecular weight excluding hydrogens is 306 g/mol. The van der Waals surface area contributed by atoms with Gasteiger partial charge in [0.2, 0.25) is 0 Å². The fraction of sp³-hybridized carbons (Fsp3) is 0.250. The fourth-order valence-corrected chi connectivity index (χ4v) is 1.72. The van der Waals surface area contributed by atoms with E-state index in [1.54, 1.807) is 0 Å². The van der Waals surface area contributed by atoms with Gasteiger partial charge >= 0.3 is 11.7 Å². The molecule has 0 saturated carbocycles. The third-order valence-corrected chi connectivity index (χ3v) is 2.47. The molecule has 1 heterocycles. The summed E-state index contributed by atoms with van der Waals surface area (Å²) in [5.74, 6) is -1.44. The number of aliphatic carboxylic acids is 1. The molecule has 1 aromatic rings. The Balaban J connectivity index is 3.49. The number of alkyl halides is 2. The lowest BCUT2D eigenvalue weighted by atomic mass is 10.1. The minimum absolute atomic E-state index is 0.275. The van der Waals surface area contributed by atoms with E-state index >= 15 is 0 Å². The van der Waals surface area contributed by atoms with E-state index in [-0.39, 0.29) is 4.60 Å². The standard InChI is InChI=1S/C8H5BrF2N2O4/c9-7-6(13(16)17)3(1-5(14)15)4(2-12-7)8(10)11/h2,8H,1H2,(H,14,15). The van der Waals surface area contributed by atoms with Crippen molar-refractivity contribution in [1.82, 2.24) is 4.98 Å². The maximum atomic E-state index is 12.6. The van der Waals surface area contributed by atoms with E-state index in [9.17, 15) is 23.7 Å². The molecule has 0 bridgehead atoms. The highest BCUT2D eigenvalue weighted by molar-refractivity contribution is 9.10. The molecule has 0 aromatic carbocycles. The van der Waals surface area contributed by atoms with Crippen LogP contribution in [0.25, 0.3) is 0 Å². The summed E-state index contributed by atoms with van der Waals surface area (Å²) in [7, 11) is 0. The largest absolute Gasteiger partial charge is 0.481 e. The Labute approximate surface area is 102 Å². The van der Waals surface area contributed by atoms with Gasteiger partial charge in [-0.3, -0.25) is 14.9 Å². The van der Waals surface area contributed by atoms with Crippen molar-refractivity contribution in [3.8, 4) is 0 Å². The van der Waals surface area contributed by atoms with Crippen molar-refractivity contribution in [3.63, 3.8) is 0 Å². The van der Waals surface area contributed by atoms with Crippen LogP contribution in [0.5, 0.6) is 0 Å². The van der Waals surface area contributed by atoms with Crippen molar-refractivity contribution in [3.05, 3.63) is 32.0 Å². The zero-order valence-electron chi connectivity index (χ0n) is 8.06. The molecular formula is C8H5BrF2N2O4. The average molecular weight is 311 g/mol. The van der Waals surface area contributed by atoms with Crippen molar-refractivity contribution >= 4 is 27.6 Å². The molecule has 6 nitrogen and oxygen atoms in total. The zero-order valence-corrected chi connectivity index (χ0v) is 9.65. The van der Waals surface area contributed by atoms with Gasteiger partial charge in [0.05, 0.1) is 16.9 Å². The molecule has 0 fully saturated rings. The van der Waals surface area contributed by atoms with Crippen LogP contribution in [0.4, 0.5) is 14.5 Å². The quantitative estimate of drug-likeness (QED) is 0.523. The molecule has 9 heteroatoms. The van der Waals surface area contributed by atoms with E-state index in [2.05, 4.69) is 20.9 Å². The number of nitro groups is 1. The summed E-state index contributed by atoms with van der Waals surface area (Å²) in [5, 5.41) is 19.3. The number of carboxylic acid groups (broad SMARTS) is 1. The van der Waals surface area contributed by atoms with Crippen LogP contribution in [0.3, 0.4) is 0 Å². The summed E-state index contributed by atoms with van der Waals surface area (Å²) in [6.45, 7) is 0. The maximum Gasteiger partial charge on any atom is 0.308 e. The smallest absolute Gasteiger partial charge is 0.308 e. The van der Waals surface area contributed by atoms with Gasteiger partial charge in [-0.25, -0.2) is 13.8 Å². The van der Waals surface area contributed by atoms with E-state index in [0.717, 1.165) is 6.20 Å². The highest BCUT2D eigenvalue weighted by atomic mass is 79.9. The van der Waals surface area contributed by atoms with E-state index in [0.29, 0.717) is 0 Å². The van der Waals surface area contributed by atoms with Crippen LogP contribution in [0, 0.1) is 10.1 Å². The fourth-order valence-electron chi connectivity index (χ4n) is 1.24. The van der Waals surface area contributed by atoms with E-state index < -0.39 is 40.6 Å². The molecule has 0 aliphatic rings. The molecule has 0 aliphatic carbocycles. The van der Waals surface area contributed by atoms with Gasteiger partial charge < -0.3 is 5.11 Å². The molecule has 17 heavy (non-hydrogen) atoms. The van der Waals surface area contributed by atoms with Gasteiger partial charge in [0, 0.05) is 11.8 Å². The summed E-state index contributed by atoms with van der Waals surface area (Å²) < 4.78 is 24.9. The Morgan fingerprint density at radius 2 is 2.24 bits per heavy atom. The number of halogens is 3. The summed E-state index contributed by atoms with van der Waals surface area (Å²) in [4.78, 5) is 23.7. The van der Waals surface area contributed by atoms with E-state index in [1.165, 1.54) is 0 Å². The van der Waals surface area contributed by atoms with E-state index in [4.69, 9.17) is 5.11 Å². The van der Waals surface area contributed by atoms with Crippen LogP contribution in [-0.2, 0) is 11.2 Å².